The van der Waals surface area contributed by atoms with Crippen LogP contribution in [0.5, 0.6) is 0 Å². The fourth-order valence-corrected chi connectivity index (χ4v) is 4.14. The standard InChI is InChI=1S/C20H25F3N6.2ClH/c1-25-13-4-3-9-29(11-13)18-14-5-2-6-17(14)27-19(28-18)26-12-7-8-16(24)15(10-12)20(21,22)23;;/h7-8,10,13,25H,2-6,9,11,24H2,1H3,(H,26,27,28);2*1H. The van der Waals surface area contributed by atoms with Gasteiger partial charge in [0.25, 0.3) is 0 Å². The topological polar surface area (TPSA) is 79.1 Å². The Balaban J connectivity index is 0.00000171. The molecule has 172 valence electrons. The van der Waals surface area contributed by atoms with E-state index in [1.807, 2.05) is 7.05 Å². The molecule has 1 saturated heterocycles. The van der Waals surface area contributed by atoms with Crippen molar-refractivity contribution in [1.82, 2.24) is 15.3 Å². The van der Waals surface area contributed by atoms with Crippen molar-refractivity contribution < 1.29 is 13.2 Å². The molecule has 2 aliphatic rings. The second-order valence-electron chi connectivity index (χ2n) is 7.65. The lowest BCUT2D eigenvalue weighted by atomic mass is 10.1. The molecule has 0 bridgehead atoms. The molecule has 0 spiro atoms. The summed E-state index contributed by atoms with van der Waals surface area (Å²) in [5.41, 5.74) is 6.75. The summed E-state index contributed by atoms with van der Waals surface area (Å²) in [7, 11) is 1.96. The van der Waals surface area contributed by atoms with Crippen molar-refractivity contribution in [2.45, 2.75) is 44.3 Å². The molecule has 2 aromatic rings. The van der Waals surface area contributed by atoms with E-state index in [1.54, 1.807) is 0 Å². The Kier molecular flexibility index (Phi) is 8.24. The highest BCUT2D eigenvalue weighted by atomic mass is 35.5. The number of halogens is 5. The van der Waals surface area contributed by atoms with Crippen LogP contribution in [0.3, 0.4) is 0 Å². The molecule has 11 heteroatoms. The van der Waals surface area contributed by atoms with Crippen LogP contribution in [0.4, 0.5) is 36.3 Å². The number of nitrogen functional groups attached to an aromatic ring is 1. The third-order valence-corrected chi connectivity index (χ3v) is 5.66. The normalized spacial score (nSPS) is 18.1. The van der Waals surface area contributed by atoms with Gasteiger partial charge >= 0.3 is 6.18 Å². The van der Waals surface area contributed by atoms with Crippen LogP contribution in [-0.2, 0) is 19.0 Å². The Morgan fingerprint density at radius 2 is 1.90 bits per heavy atom. The van der Waals surface area contributed by atoms with E-state index < -0.39 is 11.7 Å². The minimum atomic E-state index is -4.51. The molecular formula is C20H27Cl2F3N6. The van der Waals surface area contributed by atoms with Gasteiger partial charge in [-0.05, 0) is 57.4 Å². The van der Waals surface area contributed by atoms with E-state index >= 15 is 0 Å². The first kappa shape index (κ1) is 25.3. The first-order chi connectivity index (χ1) is 13.8. The Bertz CT molecular complexity index is 909. The number of anilines is 4. The Labute approximate surface area is 192 Å². The van der Waals surface area contributed by atoms with Crippen LogP contribution < -0.4 is 21.3 Å². The minimum absolute atomic E-state index is 0. The van der Waals surface area contributed by atoms with E-state index in [9.17, 15) is 13.2 Å². The highest BCUT2D eigenvalue weighted by Gasteiger charge is 2.33. The first-order valence-electron chi connectivity index (χ1n) is 9.91. The third-order valence-electron chi connectivity index (χ3n) is 5.66. The highest BCUT2D eigenvalue weighted by Crippen LogP contribution is 2.36. The summed E-state index contributed by atoms with van der Waals surface area (Å²) < 4.78 is 39.5. The number of likely N-dealkylation sites (N-methyl/N-ethyl adjacent to an activating group) is 1. The quantitative estimate of drug-likeness (QED) is 0.567. The van der Waals surface area contributed by atoms with E-state index in [0.717, 1.165) is 62.8 Å². The zero-order valence-corrected chi connectivity index (χ0v) is 18.8. The number of alkyl halides is 3. The van der Waals surface area contributed by atoms with E-state index in [1.165, 1.54) is 17.7 Å². The van der Waals surface area contributed by atoms with E-state index in [2.05, 4.69) is 20.5 Å². The van der Waals surface area contributed by atoms with E-state index in [0.29, 0.717) is 12.0 Å². The molecule has 1 aromatic heterocycles. The van der Waals surface area contributed by atoms with Crippen molar-refractivity contribution >= 4 is 48.0 Å². The van der Waals surface area contributed by atoms with Gasteiger partial charge in [0.05, 0.1) is 11.3 Å². The number of hydrogen-bond donors (Lipinski definition) is 3. The van der Waals surface area contributed by atoms with Gasteiger partial charge < -0.3 is 21.3 Å². The molecule has 1 fully saturated rings. The molecule has 1 aliphatic heterocycles. The minimum Gasteiger partial charge on any atom is -0.398 e. The number of hydrogen-bond acceptors (Lipinski definition) is 6. The van der Waals surface area contributed by atoms with Crippen LogP contribution in [0.1, 0.15) is 36.1 Å². The number of nitrogens with zero attached hydrogens (tertiary/aromatic N) is 3. The number of benzene rings is 1. The highest BCUT2D eigenvalue weighted by molar-refractivity contribution is 5.85. The number of fused-ring (bicyclic) bond motifs is 1. The summed E-state index contributed by atoms with van der Waals surface area (Å²) in [6.45, 7) is 1.78. The van der Waals surface area contributed by atoms with Crippen molar-refractivity contribution in [3.8, 4) is 0 Å². The molecule has 6 nitrogen and oxygen atoms in total. The third kappa shape index (κ3) is 5.45. The van der Waals surface area contributed by atoms with Crippen molar-refractivity contribution in [2.75, 3.05) is 36.1 Å². The molecule has 1 atom stereocenters. The van der Waals surface area contributed by atoms with Crippen LogP contribution in [0.15, 0.2) is 18.2 Å². The van der Waals surface area contributed by atoms with Crippen LogP contribution in [0, 0.1) is 0 Å². The monoisotopic (exact) mass is 478 g/mol. The molecule has 0 saturated carbocycles. The largest absolute Gasteiger partial charge is 0.418 e. The van der Waals surface area contributed by atoms with Crippen LogP contribution in [-0.4, -0.2) is 36.1 Å². The average Bonchev–Trinajstić information content (AvgIpc) is 3.16. The number of nitrogens with one attached hydrogen (secondary N) is 2. The summed E-state index contributed by atoms with van der Waals surface area (Å²) in [4.78, 5) is 11.6. The maximum absolute atomic E-state index is 13.2. The van der Waals surface area contributed by atoms with Crippen molar-refractivity contribution in [3.63, 3.8) is 0 Å². The number of aromatic nitrogens is 2. The van der Waals surface area contributed by atoms with Gasteiger partial charge in [-0.2, -0.15) is 18.2 Å². The molecule has 0 amide bonds. The number of piperidine rings is 1. The summed E-state index contributed by atoms with van der Waals surface area (Å²) in [6.07, 6.45) is 0.493. The lowest BCUT2D eigenvalue weighted by Crippen LogP contribution is -2.45. The zero-order chi connectivity index (χ0) is 20.6. The molecule has 1 aromatic carbocycles. The van der Waals surface area contributed by atoms with E-state index in [4.69, 9.17) is 10.7 Å². The van der Waals surface area contributed by atoms with Crippen LogP contribution >= 0.6 is 24.8 Å². The van der Waals surface area contributed by atoms with Gasteiger partial charge in [0.2, 0.25) is 5.95 Å². The maximum Gasteiger partial charge on any atom is 0.418 e. The molecule has 4 rings (SSSR count). The molecule has 2 heterocycles. The number of aryl methyl sites for hydroxylation is 1. The van der Waals surface area contributed by atoms with Crippen molar-refractivity contribution in [1.29, 1.82) is 0 Å². The van der Waals surface area contributed by atoms with Gasteiger partial charge in [0, 0.05) is 36.1 Å². The fourth-order valence-electron chi connectivity index (χ4n) is 4.14. The smallest absolute Gasteiger partial charge is 0.398 e. The summed E-state index contributed by atoms with van der Waals surface area (Å²) >= 11 is 0. The van der Waals surface area contributed by atoms with Gasteiger partial charge in [0.1, 0.15) is 5.82 Å². The van der Waals surface area contributed by atoms with Gasteiger partial charge in [0.15, 0.2) is 0 Å². The number of nitrogens with two attached hydrogens (primary N) is 1. The summed E-state index contributed by atoms with van der Waals surface area (Å²) in [5, 5.41) is 6.29. The fraction of sp³-hybridized carbons (Fsp3) is 0.500. The number of rotatable bonds is 4. The summed E-state index contributed by atoms with van der Waals surface area (Å²) in [5.74, 6) is 1.23. The van der Waals surface area contributed by atoms with Crippen molar-refractivity contribution in [3.05, 3.63) is 35.0 Å². The van der Waals surface area contributed by atoms with Crippen LogP contribution in [0.25, 0.3) is 0 Å². The molecular weight excluding hydrogens is 452 g/mol. The molecule has 4 N–H and O–H groups in total. The summed E-state index contributed by atoms with van der Waals surface area (Å²) in [6, 6.07) is 4.17. The predicted octanol–water partition coefficient (Wildman–Crippen LogP) is 4.34. The molecule has 1 unspecified atom stereocenters. The Hall–Kier alpha value is -1.97. The molecule has 0 radical (unpaired) electrons. The van der Waals surface area contributed by atoms with Gasteiger partial charge in [-0.25, -0.2) is 4.98 Å². The molecule has 31 heavy (non-hydrogen) atoms. The van der Waals surface area contributed by atoms with Crippen LogP contribution in [0.2, 0.25) is 0 Å². The van der Waals surface area contributed by atoms with Gasteiger partial charge in [-0.15, -0.1) is 24.8 Å². The predicted molar refractivity (Wildman–Crippen MR) is 122 cm³/mol. The van der Waals surface area contributed by atoms with E-state index in [-0.39, 0.29) is 36.2 Å². The lowest BCUT2D eigenvalue weighted by molar-refractivity contribution is -0.136. The molecule has 1 aliphatic carbocycles. The second kappa shape index (κ2) is 10.1. The Morgan fingerprint density at radius 3 is 2.61 bits per heavy atom. The van der Waals surface area contributed by atoms with Gasteiger partial charge in [-0.3, -0.25) is 0 Å². The van der Waals surface area contributed by atoms with Gasteiger partial charge in [-0.1, -0.05) is 0 Å². The van der Waals surface area contributed by atoms with Crippen molar-refractivity contribution in [2.24, 2.45) is 0 Å². The average molecular weight is 479 g/mol. The second-order valence-corrected chi connectivity index (χ2v) is 7.65. The maximum atomic E-state index is 13.2. The SMILES string of the molecule is CNC1CCCN(c2nc(Nc3ccc(N)c(C(F)(F)F)c3)nc3c2CCC3)C1.Cl.Cl. The lowest BCUT2D eigenvalue weighted by Gasteiger charge is -2.34. The Morgan fingerprint density at radius 1 is 1.13 bits per heavy atom. The first-order valence-corrected chi connectivity index (χ1v) is 9.91. The zero-order valence-electron chi connectivity index (χ0n) is 17.1.